The molecule has 0 aliphatic rings. The van der Waals surface area contributed by atoms with Gasteiger partial charge < -0.3 is 5.32 Å². The van der Waals surface area contributed by atoms with E-state index in [2.05, 4.69) is 29.2 Å². The van der Waals surface area contributed by atoms with Crippen LogP contribution >= 0.6 is 23.2 Å². The molecule has 114 valence electrons. The number of nitrogens with one attached hydrogen (secondary N) is 1. The quantitative estimate of drug-likeness (QED) is 0.839. The van der Waals surface area contributed by atoms with Crippen LogP contribution in [-0.2, 0) is 13.0 Å². The predicted molar refractivity (Wildman–Crippen MR) is 86.9 cm³/mol. The van der Waals surface area contributed by atoms with Crippen LogP contribution < -0.4 is 5.32 Å². The standard InChI is InChI=1S/C15H20Cl2N4/c1-3-7-18-14(9-15-19-10-20-21(15)4-2)11-5-6-12(16)13(17)8-11/h5-6,8,10,14,18H,3-4,7,9H2,1-2H3. The Morgan fingerprint density at radius 2 is 2.05 bits per heavy atom. The summed E-state index contributed by atoms with van der Waals surface area (Å²) in [5, 5.41) is 8.92. The maximum Gasteiger partial charge on any atom is 0.138 e. The van der Waals surface area contributed by atoms with Crippen LogP contribution in [0.2, 0.25) is 10.0 Å². The summed E-state index contributed by atoms with van der Waals surface area (Å²) in [5.41, 5.74) is 1.11. The van der Waals surface area contributed by atoms with E-state index in [1.165, 1.54) is 0 Å². The maximum atomic E-state index is 6.14. The smallest absolute Gasteiger partial charge is 0.138 e. The second kappa shape index (κ2) is 7.78. The average Bonchev–Trinajstić information content (AvgIpc) is 2.93. The van der Waals surface area contributed by atoms with Gasteiger partial charge in [0.05, 0.1) is 10.0 Å². The van der Waals surface area contributed by atoms with Crippen molar-refractivity contribution in [2.75, 3.05) is 6.54 Å². The average molecular weight is 327 g/mol. The second-order valence-electron chi connectivity index (χ2n) is 4.88. The van der Waals surface area contributed by atoms with Crippen LogP contribution in [0.15, 0.2) is 24.5 Å². The fourth-order valence-corrected chi connectivity index (χ4v) is 2.56. The molecule has 0 spiro atoms. The van der Waals surface area contributed by atoms with Gasteiger partial charge in [-0.3, -0.25) is 4.68 Å². The molecule has 0 bridgehead atoms. The van der Waals surface area contributed by atoms with E-state index in [-0.39, 0.29) is 6.04 Å². The first-order chi connectivity index (χ1) is 10.2. The molecule has 2 rings (SSSR count). The largest absolute Gasteiger partial charge is 0.310 e. The van der Waals surface area contributed by atoms with Crippen molar-refractivity contribution in [1.82, 2.24) is 20.1 Å². The predicted octanol–water partition coefficient (Wildman–Crippen LogP) is 3.89. The highest BCUT2D eigenvalue weighted by atomic mass is 35.5. The number of hydrogen-bond donors (Lipinski definition) is 1. The number of rotatable bonds is 7. The molecular weight excluding hydrogens is 307 g/mol. The summed E-state index contributed by atoms with van der Waals surface area (Å²) < 4.78 is 1.91. The summed E-state index contributed by atoms with van der Waals surface area (Å²) in [6.45, 7) is 5.96. The minimum absolute atomic E-state index is 0.147. The molecule has 0 aliphatic carbocycles. The first-order valence-electron chi connectivity index (χ1n) is 7.20. The topological polar surface area (TPSA) is 42.7 Å². The Morgan fingerprint density at radius 3 is 2.71 bits per heavy atom. The van der Waals surface area contributed by atoms with Crippen molar-refractivity contribution in [1.29, 1.82) is 0 Å². The molecule has 1 unspecified atom stereocenters. The number of nitrogens with zero attached hydrogens (tertiary/aromatic N) is 3. The summed E-state index contributed by atoms with van der Waals surface area (Å²) >= 11 is 12.1. The van der Waals surface area contributed by atoms with Crippen LogP contribution in [0.5, 0.6) is 0 Å². The van der Waals surface area contributed by atoms with E-state index in [1.54, 1.807) is 6.33 Å². The van der Waals surface area contributed by atoms with E-state index in [0.29, 0.717) is 10.0 Å². The third kappa shape index (κ3) is 4.19. The third-order valence-corrected chi connectivity index (χ3v) is 4.11. The molecule has 0 fully saturated rings. The Hall–Kier alpha value is -1.10. The molecule has 1 heterocycles. The fourth-order valence-electron chi connectivity index (χ4n) is 2.25. The minimum Gasteiger partial charge on any atom is -0.310 e. The minimum atomic E-state index is 0.147. The van der Waals surface area contributed by atoms with Crippen molar-refractivity contribution in [2.45, 2.75) is 39.3 Å². The van der Waals surface area contributed by atoms with Gasteiger partial charge in [-0.15, -0.1) is 0 Å². The van der Waals surface area contributed by atoms with E-state index in [9.17, 15) is 0 Å². The van der Waals surface area contributed by atoms with Crippen molar-refractivity contribution >= 4 is 23.2 Å². The van der Waals surface area contributed by atoms with Gasteiger partial charge in [-0.1, -0.05) is 36.2 Å². The highest BCUT2D eigenvalue weighted by Crippen LogP contribution is 2.27. The molecule has 1 N–H and O–H groups in total. The van der Waals surface area contributed by atoms with Gasteiger partial charge >= 0.3 is 0 Å². The molecule has 1 aromatic heterocycles. The number of halogens is 2. The van der Waals surface area contributed by atoms with E-state index in [4.69, 9.17) is 23.2 Å². The zero-order chi connectivity index (χ0) is 15.2. The van der Waals surface area contributed by atoms with Gasteiger partial charge in [0.2, 0.25) is 0 Å². The van der Waals surface area contributed by atoms with Crippen molar-refractivity contribution in [3.05, 3.63) is 46.0 Å². The van der Waals surface area contributed by atoms with E-state index in [1.807, 2.05) is 22.9 Å². The third-order valence-electron chi connectivity index (χ3n) is 3.37. The lowest BCUT2D eigenvalue weighted by Gasteiger charge is -2.19. The normalized spacial score (nSPS) is 12.6. The summed E-state index contributed by atoms with van der Waals surface area (Å²) in [6.07, 6.45) is 3.44. The van der Waals surface area contributed by atoms with E-state index in [0.717, 1.165) is 37.3 Å². The highest BCUT2D eigenvalue weighted by Gasteiger charge is 2.16. The van der Waals surface area contributed by atoms with Gasteiger partial charge in [0.15, 0.2) is 0 Å². The Balaban J connectivity index is 2.23. The molecule has 4 nitrogen and oxygen atoms in total. The summed E-state index contributed by atoms with van der Waals surface area (Å²) in [4.78, 5) is 4.35. The van der Waals surface area contributed by atoms with Gasteiger partial charge in [0, 0.05) is 19.0 Å². The van der Waals surface area contributed by atoms with Crippen LogP contribution in [-0.4, -0.2) is 21.3 Å². The lowest BCUT2D eigenvalue weighted by molar-refractivity contribution is 0.497. The van der Waals surface area contributed by atoms with Crippen LogP contribution in [0.4, 0.5) is 0 Å². The first kappa shape index (κ1) is 16.3. The van der Waals surface area contributed by atoms with Gasteiger partial charge in [0.25, 0.3) is 0 Å². The maximum absolute atomic E-state index is 6.14. The van der Waals surface area contributed by atoms with Crippen LogP contribution in [0, 0.1) is 0 Å². The van der Waals surface area contributed by atoms with Crippen molar-refractivity contribution < 1.29 is 0 Å². The molecule has 0 radical (unpaired) electrons. The molecule has 0 saturated heterocycles. The number of benzene rings is 1. The number of aromatic nitrogens is 3. The van der Waals surface area contributed by atoms with Gasteiger partial charge in [-0.05, 0) is 37.6 Å². The SMILES string of the molecule is CCCNC(Cc1ncnn1CC)c1ccc(Cl)c(Cl)c1. The van der Waals surface area contributed by atoms with Crippen molar-refractivity contribution in [3.8, 4) is 0 Å². The highest BCUT2D eigenvalue weighted by molar-refractivity contribution is 6.42. The summed E-state index contributed by atoms with van der Waals surface area (Å²) in [5.74, 6) is 0.970. The molecule has 6 heteroatoms. The molecular formula is C15H20Cl2N4. The monoisotopic (exact) mass is 326 g/mol. The second-order valence-corrected chi connectivity index (χ2v) is 5.69. The van der Waals surface area contributed by atoms with Gasteiger partial charge in [0.1, 0.15) is 12.2 Å². The Kier molecular flexibility index (Phi) is 6.03. The molecule has 21 heavy (non-hydrogen) atoms. The molecule has 2 aromatic rings. The van der Waals surface area contributed by atoms with Crippen LogP contribution in [0.25, 0.3) is 0 Å². The summed E-state index contributed by atoms with van der Waals surface area (Å²) in [6, 6.07) is 5.91. The fraction of sp³-hybridized carbons (Fsp3) is 0.467. The van der Waals surface area contributed by atoms with E-state index < -0.39 is 0 Å². The number of aryl methyl sites for hydroxylation is 1. The lowest BCUT2D eigenvalue weighted by Crippen LogP contribution is -2.25. The number of hydrogen-bond acceptors (Lipinski definition) is 3. The van der Waals surface area contributed by atoms with Crippen molar-refractivity contribution in [2.24, 2.45) is 0 Å². The Labute approximate surface area is 135 Å². The first-order valence-corrected chi connectivity index (χ1v) is 7.96. The van der Waals surface area contributed by atoms with Gasteiger partial charge in [-0.2, -0.15) is 5.10 Å². The molecule has 0 amide bonds. The Bertz CT molecular complexity index is 583. The van der Waals surface area contributed by atoms with Crippen LogP contribution in [0.1, 0.15) is 37.7 Å². The lowest BCUT2D eigenvalue weighted by atomic mass is 10.0. The molecule has 1 atom stereocenters. The van der Waals surface area contributed by atoms with Gasteiger partial charge in [-0.25, -0.2) is 4.98 Å². The molecule has 0 aliphatic heterocycles. The zero-order valence-electron chi connectivity index (χ0n) is 12.3. The van der Waals surface area contributed by atoms with Crippen molar-refractivity contribution in [3.63, 3.8) is 0 Å². The molecule has 0 saturated carbocycles. The Morgan fingerprint density at radius 1 is 1.24 bits per heavy atom. The van der Waals surface area contributed by atoms with E-state index >= 15 is 0 Å². The molecule has 1 aromatic carbocycles. The zero-order valence-corrected chi connectivity index (χ0v) is 13.8. The van der Waals surface area contributed by atoms with Crippen LogP contribution in [0.3, 0.4) is 0 Å². The summed E-state index contributed by atoms with van der Waals surface area (Å²) in [7, 11) is 0.